The highest BCUT2D eigenvalue weighted by atomic mass is 32.2. The van der Waals surface area contributed by atoms with Crippen LogP contribution in [0.2, 0.25) is 0 Å². The molecule has 0 N–H and O–H groups in total. The highest BCUT2D eigenvalue weighted by Crippen LogP contribution is 2.31. The molecular formula is C17H28N2O3S. The minimum atomic E-state index is -0.239. The summed E-state index contributed by atoms with van der Waals surface area (Å²) < 4.78 is 5.66. The first-order valence-corrected chi connectivity index (χ1v) is 10.1. The van der Waals surface area contributed by atoms with Crippen LogP contribution in [0, 0.1) is 5.92 Å². The lowest BCUT2D eigenvalue weighted by Crippen LogP contribution is -2.52. The SMILES string of the molecule is CCOC1CCN(C(=O)C2CSCN2C(=O)C2CCCC2)CC1. The van der Waals surface area contributed by atoms with E-state index in [2.05, 4.69) is 0 Å². The number of carbonyl (C=O) groups is 2. The van der Waals surface area contributed by atoms with E-state index in [0.717, 1.165) is 64.0 Å². The molecule has 0 bridgehead atoms. The molecule has 0 aromatic rings. The summed E-state index contributed by atoms with van der Waals surface area (Å²) in [6, 6.07) is -0.239. The molecule has 6 heteroatoms. The van der Waals surface area contributed by atoms with Crippen LogP contribution in [-0.2, 0) is 14.3 Å². The first-order valence-electron chi connectivity index (χ1n) is 8.99. The van der Waals surface area contributed by atoms with Gasteiger partial charge in [0.2, 0.25) is 11.8 Å². The van der Waals surface area contributed by atoms with Crippen LogP contribution in [0.3, 0.4) is 0 Å². The molecule has 5 nitrogen and oxygen atoms in total. The third-order valence-corrected chi connectivity index (χ3v) is 6.32. The van der Waals surface area contributed by atoms with Crippen molar-refractivity contribution in [3.8, 4) is 0 Å². The summed E-state index contributed by atoms with van der Waals surface area (Å²) in [6.45, 7) is 4.27. The van der Waals surface area contributed by atoms with Crippen molar-refractivity contribution in [1.29, 1.82) is 0 Å². The van der Waals surface area contributed by atoms with Crippen LogP contribution >= 0.6 is 11.8 Å². The van der Waals surface area contributed by atoms with Crippen LogP contribution < -0.4 is 0 Å². The Hall–Kier alpha value is -0.750. The number of nitrogens with zero attached hydrogens (tertiary/aromatic N) is 2. The zero-order valence-electron chi connectivity index (χ0n) is 14.0. The molecule has 3 rings (SSSR count). The molecule has 0 spiro atoms. The number of piperidine rings is 1. The normalized spacial score (nSPS) is 26.9. The molecule has 0 aromatic heterocycles. The van der Waals surface area contributed by atoms with Gasteiger partial charge in [-0.15, -0.1) is 11.8 Å². The molecule has 0 aromatic carbocycles. The fraction of sp³-hybridized carbons (Fsp3) is 0.882. The van der Waals surface area contributed by atoms with E-state index in [0.29, 0.717) is 12.0 Å². The number of carbonyl (C=O) groups excluding carboxylic acids is 2. The molecular weight excluding hydrogens is 312 g/mol. The quantitative estimate of drug-likeness (QED) is 0.786. The van der Waals surface area contributed by atoms with Crippen molar-refractivity contribution in [1.82, 2.24) is 9.80 Å². The minimum absolute atomic E-state index is 0.149. The van der Waals surface area contributed by atoms with Gasteiger partial charge in [-0.1, -0.05) is 12.8 Å². The van der Waals surface area contributed by atoms with Crippen molar-refractivity contribution < 1.29 is 14.3 Å². The predicted octanol–water partition coefficient (Wildman–Crippen LogP) is 2.11. The molecule has 23 heavy (non-hydrogen) atoms. The molecule has 3 fully saturated rings. The van der Waals surface area contributed by atoms with E-state index >= 15 is 0 Å². The van der Waals surface area contributed by atoms with Crippen molar-refractivity contribution in [2.75, 3.05) is 31.3 Å². The van der Waals surface area contributed by atoms with Crippen molar-refractivity contribution in [2.45, 2.75) is 57.6 Å². The molecule has 2 heterocycles. The summed E-state index contributed by atoms with van der Waals surface area (Å²) in [7, 11) is 0. The second-order valence-electron chi connectivity index (χ2n) is 6.79. The van der Waals surface area contributed by atoms with Gasteiger partial charge < -0.3 is 14.5 Å². The average Bonchev–Trinajstić information content (AvgIpc) is 3.26. The van der Waals surface area contributed by atoms with Gasteiger partial charge in [-0.2, -0.15) is 0 Å². The lowest BCUT2D eigenvalue weighted by Gasteiger charge is -2.35. The van der Waals surface area contributed by atoms with Crippen LogP contribution in [0.25, 0.3) is 0 Å². The van der Waals surface area contributed by atoms with Gasteiger partial charge in [-0.25, -0.2) is 0 Å². The minimum Gasteiger partial charge on any atom is -0.378 e. The maximum atomic E-state index is 12.9. The standard InChI is InChI=1S/C17H28N2O3S/c1-2-22-14-7-9-18(10-8-14)17(21)15-11-23-12-19(15)16(20)13-5-3-4-6-13/h13-15H,2-12H2,1H3. The zero-order valence-corrected chi connectivity index (χ0v) is 14.9. The van der Waals surface area contributed by atoms with Crippen LogP contribution in [-0.4, -0.2) is 65.1 Å². The molecule has 1 saturated carbocycles. The van der Waals surface area contributed by atoms with Crippen LogP contribution in [0.1, 0.15) is 45.4 Å². The lowest BCUT2D eigenvalue weighted by atomic mass is 10.0. The first-order chi connectivity index (χ1) is 11.2. The average molecular weight is 340 g/mol. The fourth-order valence-electron chi connectivity index (χ4n) is 3.96. The topological polar surface area (TPSA) is 49.9 Å². The van der Waals surface area contributed by atoms with Gasteiger partial charge in [0.1, 0.15) is 6.04 Å². The highest BCUT2D eigenvalue weighted by molar-refractivity contribution is 7.99. The summed E-state index contributed by atoms with van der Waals surface area (Å²) in [6.07, 6.45) is 6.42. The van der Waals surface area contributed by atoms with Crippen molar-refractivity contribution in [3.63, 3.8) is 0 Å². The number of thioether (sulfide) groups is 1. The van der Waals surface area contributed by atoms with Gasteiger partial charge in [0.25, 0.3) is 0 Å². The number of rotatable bonds is 4. The van der Waals surface area contributed by atoms with E-state index < -0.39 is 0 Å². The molecule has 1 atom stereocenters. The van der Waals surface area contributed by atoms with E-state index in [9.17, 15) is 9.59 Å². The van der Waals surface area contributed by atoms with Gasteiger partial charge in [-0.3, -0.25) is 9.59 Å². The highest BCUT2D eigenvalue weighted by Gasteiger charge is 2.40. The maximum Gasteiger partial charge on any atom is 0.246 e. The Morgan fingerprint density at radius 3 is 2.43 bits per heavy atom. The number of amides is 2. The number of ether oxygens (including phenoxy) is 1. The van der Waals surface area contributed by atoms with E-state index in [1.807, 2.05) is 16.7 Å². The maximum absolute atomic E-state index is 12.9. The lowest BCUT2D eigenvalue weighted by molar-refractivity contribution is -0.146. The van der Waals surface area contributed by atoms with Crippen LogP contribution in [0.15, 0.2) is 0 Å². The van der Waals surface area contributed by atoms with E-state index in [1.165, 1.54) is 0 Å². The molecule has 2 saturated heterocycles. The van der Waals surface area contributed by atoms with Gasteiger partial charge >= 0.3 is 0 Å². The summed E-state index contributed by atoms with van der Waals surface area (Å²) in [5.41, 5.74) is 0. The monoisotopic (exact) mass is 340 g/mol. The first kappa shape index (κ1) is 17.1. The Kier molecular flexibility index (Phi) is 5.85. The van der Waals surface area contributed by atoms with Crippen molar-refractivity contribution >= 4 is 23.6 Å². The Balaban J connectivity index is 1.57. The molecule has 2 aliphatic heterocycles. The van der Waals surface area contributed by atoms with Crippen LogP contribution in [0.5, 0.6) is 0 Å². The summed E-state index contributed by atoms with van der Waals surface area (Å²) in [4.78, 5) is 29.4. The Labute approximate surface area is 143 Å². The predicted molar refractivity (Wildman–Crippen MR) is 91.1 cm³/mol. The molecule has 130 valence electrons. The summed E-state index contributed by atoms with van der Waals surface area (Å²) in [5.74, 6) is 1.96. The Morgan fingerprint density at radius 2 is 1.78 bits per heavy atom. The van der Waals surface area contributed by atoms with Crippen LogP contribution in [0.4, 0.5) is 0 Å². The van der Waals surface area contributed by atoms with E-state index in [4.69, 9.17) is 4.74 Å². The number of hydrogen-bond donors (Lipinski definition) is 0. The molecule has 1 aliphatic carbocycles. The largest absolute Gasteiger partial charge is 0.378 e. The Bertz CT molecular complexity index is 432. The van der Waals surface area contributed by atoms with Gasteiger partial charge in [-0.05, 0) is 32.6 Å². The third-order valence-electron chi connectivity index (χ3n) is 5.31. The fourth-order valence-corrected chi connectivity index (χ4v) is 5.12. The van der Waals surface area contributed by atoms with Crippen molar-refractivity contribution in [3.05, 3.63) is 0 Å². The van der Waals surface area contributed by atoms with Gasteiger partial charge in [0.15, 0.2) is 0 Å². The molecule has 3 aliphatic rings. The molecule has 2 amide bonds. The third kappa shape index (κ3) is 3.85. The zero-order chi connectivity index (χ0) is 16.2. The smallest absolute Gasteiger partial charge is 0.246 e. The molecule has 1 unspecified atom stereocenters. The summed E-state index contributed by atoms with van der Waals surface area (Å²) >= 11 is 1.71. The summed E-state index contributed by atoms with van der Waals surface area (Å²) in [5, 5.41) is 0. The second kappa shape index (κ2) is 7.88. The Morgan fingerprint density at radius 1 is 1.09 bits per heavy atom. The van der Waals surface area contributed by atoms with E-state index in [1.54, 1.807) is 11.8 Å². The van der Waals surface area contributed by atoms with Gasteiger partial charge in [0.05, 0.1) is 12.0 Å². The van der Waals surface area contributed by atoms with Gasteiger partial charge in [0, 0.05) is 31.4 Å². The van der Waals surface area contributed by atoms with E-state index in [-0.39, 0.29) is 23.8 Å². The second-order valence-corrected chi connectivity index (χ2v) is 7.78. The number of likely N-dealkylation sites (tertiary alicyclic amines) is 1. The van der Waals surface area contributed by atoms with Crippen molar-refractivity contribution in [2.24, 2.45) is 5.92 Å². The number of hydrogen-bond acceptors (Lipinski definition) is 4. The molecule has 0 radical (unpaired) electrons.